The van der Waals surface area contributed by atoms with Gasteiger partial charge in [0.2, 0.25) is 0 Å². The summed E-state index contributed by atoms with van der Waals surface area (Å²) in [5.41, 5.74) is 2.92. The minimum absolute atomic E-state index is 0.0134. The molecule has 2 N–H and O–H groups in total. The standard InChI is InChI=1S/C25H19N3O7S/c1-16-6-11-21(14-23(16)28(31)32)36(33,34)35-20-9-7-17(8-10-20)15-26-27-25(30)22-12-18-4-2-3-5-19(18)13-24(22)29/h2-15,29H,1H3,(H,27,30)/b26-15-. The van der Waals surface area contributed by atoms with Gasteiger partial charge in [0.15, 0.2) is 0 Å². The van der Waals surface area contributed by atoms with E-state index in [2.05, 4.69) is 10.5 Å². The second kappa shape index (κ2) is 9.84. The van der Waals surface area contributed by atoms with Gasteiger partial charge in [0.1, 0.15) is 16.4 Å². The van der Waals surface area contributed by atoms with Crippen LogP contribution in [0.2, 0.25) is 0 Å². The van der Waals surface area contributed by atoms with E-state index in [1.165, 1.54) is 55.6 Å². The maximum atomic E-state index is 12.5. The number of aromatic hydroxyl groups is 1. The number of nitro groups is 1. The Morgan fingerprint density at radius 1 is 1.03 bits per heavy atom. The number of phenols is 1. The smallest absolute Gasteiger partial charge is 0.339 e. The molecule has 4 rings (SSSR count). The summed E-state index contributed by atoms with van der Waals surface area (Å²) in [5.74, 6) is -0.795. The third kappa shape index (κ3) is 5.31. The van der Waals surface area contributed by atoms with Crippen LogP contribution in [-0.2, 0) is 10.1 Å². The van der Waals surface area contributed by atoms with Crippen LogP contribution in [0.4, 0.5) is 5.69 Å². The molecule has 4 aromatic carbocycles. The highest BCUT2D eigenvalue weighted by molar-refractivity contribution is 7.87. The first-order valence-electron chi connectivity index (χ1n) is 10.5. The molecule has 0 fully saturated rings. The summed E-state index contributed by atoms with van der Waals surface area (Å²) in [6, 6.07) is 19.6. The molecule has 11 heteroatoms. The Hall–Kier alpha value is -4.77. The summed E-state index contributed by atoms with van der Waals surface area (Å²) in [7, 11) is -4.30. The molecule has 0 aliphatic rings. The zero-order valence-electron chi connectivity index (χ0n) is 18.8. The number of hydrogen-bond acceptors (Lipinski definition) is 8. The molecular weight excluding hydrogens is 486 g/mol. The number of rotatable bonds is 7. The summed E-state index contributed by atoms with van der Waals surface area (Å²) >= 11 is 0. The fourth-order valence-electron chi connectivity index (χ4n) is 3.36. The van der Waals surface area contributed by atoms with Crippen molar-refractivity contribution in [3.05, 3.63) is 106 Å². The van der Waals surface area contributed by atoms with Crippen LogP contribution in [0.3, 0.4) is 0 Å². The van der Waals surface area contributed by atoms with Crippen LogP contribution in [0.5, 0.6) is 11.5 Å². The Kier molecular flexibility index (Phi) is 6.66. The van der Waals surface area contributed by atoms with Crippen LogP contribution < -0.4 is 9.61 Å². The maximum Gasteiger partial charge on any atom is 0.339 e. The van der Waals surface area contributed by atoms with Crippen molar-refractivity contribution in [1.29, 1.82) is 0 Å². The van der Waals surface area contributed by atoms with Gasteiger partial charge in [-0.25, -0.2) is 5.43 Å². The Morgan fingerprint density at radius 3 is 2.36 bits per heavy atom. The Balaban J connectivity index is 1.42. The van der Waals surface area contributed by atoms with E-state index in [9.17, 15) is 28.4 Å². The van der Waals surface area contributed by atoms with Crippen molar-refractivity contribution in [3.8, 4) is 11.5 Å². The van der Waals surface area contributed by atoms with Crippen molar-refractivity contribution in [2.24, 2.45) is 5.10 Å². The number of benzene rings is 4. The van der Waals surface area contributed by atoms with Crippen molar-refractivity contribution in [2.75, 3.05) is 0 Å². The number of nitrogens with zero attached hydrogens (tertiary/aromatic N) is 2. The summed E-state index contributed by atoms with van der Waals surface area (Å²) in [4.78, 5) is 22.5. The molecule has 1 amide bonds. The molecule has 4 aromatic rings. The van der Waals surface area contributed by atoms with Crippen LogP contribution in [0, 0.1) is 17.0 Å². The first-order chi connectivity index (χ1) is 17.1. The van der Waals surface area contributed by atoms with E-state index >= 15 is 0 Å². The molecule has 0 spiro atoms. The molecule has 0 aromatic heterocycles. The van der Waals surface area contributed by atoms with Gasteiger partial charge in [-0.05, 0) is 65.7 Å². The van der Waals surface area contributed by atoms with E-state index in [0.29, 0.717) is 11.1 Å². The van der Waals surface area contributed by atoms with Crippen molar-refractivity contribution < 1.29 is 27.4 Å². The van der Waals surface area contributed by atoms with Crippen molar-refractivity contribution >= 4 is 38.7 Å². The quantitative estimate of drug-likeness (QED) is 0.165. The highest BCUT2D eigenvalue weighted by Crippen LogP contribution is 2.26. The summed E-state index contributed by atoms with van der Waals surface area (Å²) < 4.78 is 30.1. The second-order valence-electron chi connectivity index (χ2n) is 7.73. The fourth-order valence-corrected chi connectivity index (χ4v) is 4.31. The van der Waals surface area contributed by atoms with E-state index in [1.807, 2.05) is 24.3 Å². The average Bonchev–Trinajstić information content (AvgIpc) is 2.84. The fraction of sp³-hybridized carbons (Fsp3) is 0.0400. The topological polar surface area (TPSA) is 148 Å². The zero-order valence-corrected chi connectivity index (χ0v) is 19.6. The highest BCUT2D eigenvalue weighted by Gasteiger charge is 2.21. The minimum Gasteiger partial charge on any atom is -0.507 e. The molecule has 36 heavy (non-hydrogen) atoms. The summed E-state index contributed by atoms with van der Waals surface area (Å²) in [6.45, 7) is 1.50. The molecule has 0 radical (unpaired) electrons. The minimum atomic E-state index is -4.30. The van der Waals surface area contributed by atoms with Crippen LogP contribution in [0.15, 0.2) is 88.9 Å². The monoisotopic (exact) mass is 505 g/mol. The largest absolute Gasteiger partial charge is 0.507 e. The van der Waals surface area contributed by atoms with Gasteiger partial charge in [0.05, 0.1) is 16.7 Å². The zero-order chi connectivity index (χ0) is 25.9. The number of carbonyl (C=O) groups excluding carboxylic acids is 1. The molecule has 0 aliphatic carbocycles. The Labute approximate surface area is 205 Å². The molecular formula is C25H19N3O7S. The number of hydrazone groups is 1. The third-order valence-electron chi connectivity index (χ3n) is 5.24. The van der Waals surface area contributed by atoms with Gasteiger partial charge in [-0.2, -0.15) is 13.5 Å². The van der Waals surface area contributed by atoms with Crippen LogP contribution >= 0.6 is 0 Å². The number of fused-ring (bicyclic) bond motifs is 1. The lowest BCUT2D eigenvalue weighted by atomic mass is 10.1. The SMILES string of the molecule is Cc1ccc(S(=O)(=O)Oc2ccc(/C=N\NC(=O)c3cc4ccccc4cc3O)cc2)cc1[N+](=O)[O-]. The van der Waals surface area contributed by atoms with Crippen molar-refractivity contribution in [3.63, 3.8) is 0 Å². The molecule has 0 saturated carbocycles. The summed E-state index contributed by atoms with van der Waals surface area (Å²) in [5, 5.41) is 26.7. The highest BCUT2D eigenvalue weighted by atomic mass is 32.2. The summed E-state index contributed by atoms with van der Waals surface area (Å²) in [6.07, 6.45) is 1.33. The molecule has 0 bridgehead atoms. The molecule has 182 valence electrons. The molecule has 0 heterocycles. The number of nitrogens with one attached hydrogen (secondary N) is 1. The van der Waals surface area contributed by atoms with E-state index in [1.54, 1.807) is 6.07 Å². The lowest BCUT2D eigenvalue weighted by molar-refractivity contribution is -0.385. The first kappa shape index (κ1) is 24.4. The van der Waals surface area contributed by atoms with Crippen LogP contribution in [-0.4, -0.2) is 30.6 Å². The van der Waals surface area contributed by atoms with E-state index in [4.69, 9.17) is 4.18 Å². The molecule has 0 aliphatic heterocycles. The molecule has 0 atom stereocenters. The van der Waals surface area contributed by atoms with E-state index in [0.717, 1.165) is 16.8 Å². The van der Waals surface area contributed by atoms with Gasteiger partial charge in [-0.1, -0.05) is 30.3 Å². The number of nitro benzene ring substituents is 1. The van der Waals surface area contributed by atoms with E-state index in [-0.39, 0.29) is 27.6 Å². The van der Waals surface area contributed by atoms with Gasteiger partial charge >= 0.3 is 10.1 Å². The van der Waals surface area contributed by atoms with Crippen LogP contribution in [0.1, 0.15) is 21.5 Å². The van der Waals surface area contributed by atoms with E-state index < -0.39 is 20.9 Å². The average molecular weight is 506 g/mol. The van der Waals surface area contributed by atoms with Gasteiger partial charge in [0.25, 0.3) is 11.6 Å². The van der Waals surface area contributed by atoms with Crippen molar-refractivity contribution in [2.45, 2.75) is 11.8 Å². The number of aryl methyl sites for hydroxylation is 1. The maximum absolute atomic E-state index is 12.5. The van der Waals surface area contributed by atoms with Crippen LogP contribution in [0.25, 0.3) is 10.8 Å². The Bertz CT molecular complexity index is 1620. The number of hydrogen-bond donors (Lipinski definition) is 2. The van der Waals surface area contributed by atoms with Gasteiger partial charge < -0.3 is 9.29 Å². The van der Waals surface area contributed by atoms with Crippen molar-refractivity contribution in [1.82, 2.24) is 5.43 Å². The lowest BCUT2D eigenvalue weighted by Crippen LogP contribution is -2.17. The molecule has 10 nitrogen and oxygen atoms in total. The van der Waals surface area contributed by atoms with Gasteiger partial charge in [-0.15, -0.1) is 0 Å². The predicted molar refractivity (Wildman–Crippen MR) is 133 cm³/mol. The lowest BCUT2D eigenvalue weighted by Gasteiger charge is -2.08. The van der Waals surface area contributed by atoms with Gasteiger partial charge in [-0.3, -0.25) is 14.9 Å². The molecule has 0 unspecified atom stereocenters. The normalized spacial score (nSPS) is 11.5. The third-order valence-corrected chi connectivity index (χ3v) is 6.48. The second-order valence-corrected chi connectivity index (χ2v) is 9.27. The number of amides is 1. The number of phenolic OH excluding ortho intramolecular Hbond substituents is 1. The number of carbonyl (C=O) groups is 1. The van der Waals surface area contributed by atoms with Gasteiger partial charge in [0, 0.05) is 11.6 Å². The Morgan fingerprint density at radius 2 is 1.69 bits per heavy atom. The first-order valence-corrected chi connectivity index (χ1v) is 11.9. The molecule has 0 saturated heterocycles. The predicted octanol–water partition coefficient (Wildman–Crippen LogP) is 4.29.